The van der Waals surface area contributed by atoms with E-state index in [1.54, 1.807) is 37.3 Å². The standard InChI is InChI=1S/C23H24F3N5O2S/c1-15-6-3-4-7-17(15)22-18(23(24,25)26)10-11-19(28-22)30-34(32,33)21-9-5-8-20(29-21)31-13-12-16(14-31)27-2/h3-11,16,27H,12-14H2,1-2H3,(H,28,30)/t16-/m1/s1. The van der Waals surface area contributed by atoms with Crippen LogP contribution in [0.25, 0.3) is 11.3 Å². The molecule has 0 amide bonds. The Bertz CT molecular complexity index is 1300. The molecule has 7 nitrogen and oxygen atoms in total. The molecule has 1 saturated heterocycles. The van der Waals surface area contributed by atoms with Gasteiger partial charge in [0.1, 0.15) is 11.6 Å². The number of sulfonamides is 1. The molecule has 0 aliphatic carbocycles. The van der Waals surface area contributed by atoms with Crippen LogP contribution in [0.5, 0.6) is 0 Å². The molecule has 180 valence electrons. The summed E-state index contributed by atoms with van der Waals surface area (Å²) >= 11 is 0. The fraction of sp³-hybridized carbons (Fsp3) is 0.304. The van der Waals surface area contributed by atoms with Crippen LogP contribution in [0.4, 0.5) is 24.8 Å². The summed E-state index contributed by atoms with van der Waals surface area (Å²) in [4.78, 5) is 10.3. The number of hydrogen-bond donors (Lipinski definition) is 2. The number of rotatable bonds is 6. The first-order chi connectivity index (χ1) is 16.1. The summed E-state index contributed by atoms with van der Waals surface area (Å²) in [5, 5.41) is 2.95. The number of likely N-dealkylation sites (N-methyl/N-ethyl adjacent to an activating group) is 1. The zero-order chi connectivity index (χ0) is 24.5. The Morgan fingerprint density at radius 2 is 1.79 bits per heavy atom. The Morgan fingerprint density at radius 3 is 2.47 bits per heavy atom. The summed E-state index contributed by atoms with van der Waals surface area (Å²) in [7, 11) is -2.32. The quantitative estimate of drug-likeness (QED) is 0.541. The summed E-state index contributed by atoms with van der Waals surface area (Å²) in [5.41, 5.74) is -0.440. The number of pyridine rings is 2. The van der Waals surface area contributed by atoms with Crippen molar-refractivity contribution in [2.75, 3.05) is 29.8 Å². The van der Waals surface area contributed by atoms with Crippen molar-refractivity contribution < 1.29 is 21.6 Å². The molecule has 0 radical (unpaired) electrons. The van der Waals surface area contributed by atoms with E-state index in [-0.39, 0.29) is 28.1 Å². The van der Waals surface area contributed by atoms with Crippen molar-refractivity contribution >= 4 is 21.7 Å². The lowest BCUT2D eigenvalue weighted by Gasteiger charge is -2.18. The number of nitrogens with one attached hydrogen (secondary N) is 2. The molecule has 3 aromatic rings. The van der Waals surface area contributed by atoms with Gasteiger partial charge in [0.25, 0.3) is 10.0 Å². The second-order valence-corrected chi connectivity index (χ2v) is 9.69. The highest BCUT2D eigenvalue weighted by molar-refractivity contribution is 7.92. The van der Waals surface area contributed by atoms with E-state index in [9.17, 15) is 21.6 Å². The SMILES string of the molecule is CN[C@@H]1CCN(c2cccc(S(=O)(=O)Nc3ccc(C(F)(F)F)c(-c4ccccc4C)n3)n2)C1. The minimum atomic E-state index is -4.65. The second-order valence-electron chi connectivity index (χ2n) is 8.07. The molecule has 1 aliphatic rings. The second kappa shape index (κ2) is 9.22. The maximum Gasteiger partial charge on any atom is 0.418 e. The van der Waals surface area contributed by atoms with E-state index in [2.05, 4.69) is 20.0 Å². The maximum atomic E-state index is 13.6. The number of hydrogen-bond acceptors (Lipinski definition) is 6. The molecule has 1 aliphatic heterocycles. The molecule has 0 bridgehead atoms. The highest BCUT2D eigenvalue weighted by Gasteiger charge is 2.35. The van der Waals surface area contributed by atoms with Gasteiger partial charge in [0, 0.05) is 24.7 Å². The number of alkyl halides is 3. The first-order valence-electron chi connectivity index (χ1n) is 10.6. The highest BCUT2D eigenvalue weighted by atomic mass is 32.2. The zero-order valence-electron chi connectivity index (χ0n) is 18.6. The third-order valence-electron chi connectivity index (χ3n) is 5.74. The first-order valence-corrected chi connectivity index (χ1v) is 12.1. The Morgan fingerprint density at radius 1 is 1.03 bits per heavy atom. The normalized spacial score (nSPS) is 16.6. The van der Waals surface area contributed by atoms with Gasteiger partial charge in [0.15, 0.2) is 5.03 Å². The van der Waals surface area contributed by atoms with Crippen molar-refractivity contribution in [1.29, 1.82) is 0 Å². The molecule has 34 heavy (non-hydrogen) atoms. The predicted octanol–water partition coefficient (Wildman–Crippen LogP) is 4.07. The molecule has 1 fully saturated rings. The summed E-state index contributed by atoms with van der Waals surface area (Å²) in [5.74, 6) is 0.288. The molecule has 4 rings (SSSR count). The van der Waals surface area contributed by atoms with Crippen LogP contribution in [0.1, 0.15) is 17.5 Å². The van der Waals surface area contributed by atoms with E-state index < -0.39 is 21.8 Å². The maximum absolute atomic E-state index is 13.6. The summed E-state index contributed by atoms with van der Waals surface area (Å²) in [6.45, 7) is 3.09. The van der Waals surface area contributed by atoms with Crippen molar-refractivity contribution in [3.63, 3.8) is 0 Å². The van der Waals surface area contributed by atoms with E-state index in [1.165, 1.54) is 12.1 Å². The molecule has 3 heterocycles. The molecule has 0 saturated carbocycles. The van der Waals surface area contributed by atoms with E-state index in [0.29, 0.717) is 17.9 Å². The van der Waals surface area contributed by atoms with Gasteiger partial charge in [0.05, 0.1) is 11.3 Å². The molecule has 11 heteroatoms. The van der Waals surface area contributed by atoms with Crippen molar-refractivity contribution in [3.05, 3.63) is 65.7 Å². The van der Waals surface area contributed by atoms with Gasteiger partial charge in [-0.3, -0.25) is 4.72 Å². The Hall–Kier alpha value is -3.18. The molecule has 0 unspecified atom stereocenters. The van der Waals surface area contributed by atoms with E-state index in [4.69, 9.17) is 0 Å². The van der Waals surface area contributed by atoms with Crippen LogP contribution in [0.2, 0.25) is 0 Å². The third kappa shape index (κ3) is 5.00. The van der Waals surface area contributed by atoms with Crippen LogP contribution in [-0.4, -0.2) is 44.6 Å². The topological polar surface area (TPSA) is 87.2 Å². The number of halogens is 3. The van der Waals surface area contributed by atoms with Gasteiger partial charge in [-0.05, 0) is 50.2 Å². The average Bonchev–Trinajstić information content (AvgIpc) is 3.28. The fourth-order valence-electron chi connectivity index (χ4n) is 3.91. The zero-order valence-corrected chi connectivity index (χ0v) is 19.4. The van der Waals surface area contributed by atoms with Gasteiger partial charge in [-0.2, -0.15) is 21.6 Å². The van der Waals surface area contributed by atoms with E-state index >= 15 is 0 Å². The fourth-order valence-corrected chi connectivity index (χ4v) is 4.88. The average molecular weight is 492 g/mol. The first kappa shape index (κ1) is 24.0. The molecule has 0 spiro atoms. The van der Waals surface area contributed by atoms with Gasteiger partial charge < -0.3 is 10.2 Å². The van der Waals surface area contributed by atoms with Crippen molar-refractivity contribution in [1.82, 2.24) is 15.3 Å². The van der Waals surface area contributed by atoms with Gasteiger partial charge in [-0.15, -0.1) is 0 Å². The smallest absolute Gasteiger partial charge is 0.355 e. The minimum absolute atomic E-state index is 0.227. The summed E-state index contributed by atoms with van der Waals surface area (Å²) in [6.07, 6.45) is -3.75. The number of nitrogens with zero attached hydrogens (tertiary/aromatic N) is 3. The van der Waals surface area contributed by atoms with Gasteiger partial charge >= 0.3 is 6.18 Å². The molecular weight excluding hydrogens is 467 g/mol. The van der Waals surface area contributed by atoms with E-state index in [1.807, 2.05) is 11.9 Å². The molecule has 1 atom stereocenters. The summed E-state index contributed by atoms with van der Waals surface area (Å²) in [6, 6.07) is 13.3. The van der Waals surface area contributed by atoms with Crippen molar-refractivity contribution in [2.45, 2.75) is 30.6 Å². The number of aryl methyl sites for hydroxylation is 1. The highest BCUT2D eigenvalue weighted by Crippen LogP contribution is 2.38. The molecule has 2 aromatic heterocycles. The lowest BCUT2D eigenvalue weighted by atomic mass is 10.0. The van der Waals surface area contributed by atoms with Gasteiger partial charge in [-0.25, -0.2) is 9.97 Å². The van der Waals surface area contributed by atoms with Crippen molar-refractivity contribution in [2.24, 2.45) is 0 Å². The van der Waals surface area contributed by atoms with E-state index in [0.717, 1.165) is 25.1 Å². The number of aromatic nitrogens is 2. The van der Waals surface area contributed by atoms with Crippen LogP contribution in [0, 0.1) is 6.92 Å². The Kier molecular flexibility index (Phi) is 6.50. The van der Waals surface area contributed by atoms with Crippen molar-refractivity contribution in [3.8, 4) is 11.3 Å². The van der Waals surface area contributed by atoms with Crippen LogP contribution in [-0.2, 0) is 16.2 Å². The van der Waals surface area contributed by atoms with Crippen LogP contribution >= 0.6 is 0 Å². The van der Waals surface area contributed by atoms with Gasteiger partial charge in [0.2, 0.25) is 0 Å². The minimum Gasteiger partial charge on any atom is -0.355 e. The summed E-state index contributed by atoms with van der Waals surface area (Å²) < 4.78 is 69.3. The Balaban J connectivity index is 1.67. The molecule has 2 N–H and O–H groups in total. The number of benzene rings is 1. The predicted molar refractivity (Wildman–Crippen MR) is 124 cm³/mol. The lowest BCUT2D eigenvalue weighted by molar-refractivity contribution is -0.137. The largest absolute Gasteiger partial charge is 0.418 e. The van der Waals surface area contributed by atoms with Crippen LogP contribution in [0.3, 0.4) is 0 Å². The number of anilines is 2. The molecule has 1 aromatic carbocycles. The lowest BCUT2D eigenvalue weighted by Crippen LogP contribution is -2.30. The Labute approximate surface area is 196 Å². The van der Waals surface area contributed by atoms with Gasteiger partial charge in [-0.1, -0.05) is 30.3 Å². The molecular formula is C23H24F3N5O2S. The monoisotopic (exact) mass is 491 g/mol. The van der Waals surface area contributed by atoms with Crippen LogP contribution < -0.4 is 14.9 Å². The van der Waals surface area contributed by atoms with Crippen LogP contribution in [0.15, 0.2) is 59.6 Å². The third-order valence-corrected chi connectivity index (χ3v) is 7.00.